The minimum absolute atomic E-state index is 0.256. The Labute approximate surface area is 222 Å². The fourth-order valence-electron chi connectivity index (χ4n) is 4.94. The van der Waals surface area contributed by atoms with Gasteiger partial charge in [0.15, 0.2) is 0 Å². The number of nitrogens with zero attached hydrogens (tertiary/aromatic N) is 2. The Balaban J connectivity index is 1.61. The molecule has 0 aromatic heterocycles. The first-order valence-corrected chi connectivity index (χ1v) is 12.6. The molecule has 6 heteroatoms. The molecule has 2 aliphatic rings. The highest BCUT2D eigenvalue weighted by Gasteiger charge is 2.52. The largest absolute Gasteiger partial charge is 0.295 e. The van der Waals surface area contributed by atoms with Gasteiger partial charge in [0.05, 0.1) is 6.04 Å². The van der Waals surface area contributed by atoms with E-state index in [1.54, 1.807) is 23.1 Å². The number of carbonyl (C=O) groups excluding carboxylic acids is 2. The van der Waals surface area contributed by atoms with Gasteiger partial charge in [0, 0.05) is 27.0 Å². The van der Waals surface area contributed by atoms with E-state index in [1.807, 2.05) is 84.9 Å². The summed E-state index contributed by atoms with van der Waals surface area (Å²) < 4.78 is 14.5. The number of para-hydroxylation sites is 2. The third-order valence-corrected chi connectivity index (χ3v) is 7.10. The quantitative estimate of drug-likeness (QED) is 0.255. The average Bonchev–Trinajstić information content (AvgIpc) is 3.37. The van der Waals surface area contributed by atoms with Crippen molar-refractivity contribution in [3.8, 4) is 0 Å². The SMILES string of the molecule is O=C1/C(=C\c2ccc(F)cc2)C2=C(C(=O)N(c3ccccc3)C2c2ccc(Br)cc2)N1c1ccccc1. The van der Waals surface area contributed by atoms with E-state index in [1.165, 1.54) is 17.0 Å². The van der Waals surface area contributed by atoms with E-state index in [0.29, 0.717) is 28.1 Å². The van der Waals surface area contributed by atoms with E-state index in [4.69, 9.17) is 0 Å². The van der Waals surface area contributed by atoms with Crippen molar-refractivity contribution in [3.05, 3.63) is 147 Å². The third kappa shape index (κ3) is 3.99. The van der Waals surface area contributed by atoms with Gasteiger partial charge in [0.2, 0.25) is 0 Å². The molecular formula is C31H20BrFN2O2. The van der Waals surface area contributed by atoms with Crippen molar-refractivity contribution in [3.63, 3.8) is 0 Å². The van der Waals surface area contributed by atoms with Crippen LogP contribution in [-0.4, -0.2) is 11.8 Å². The molecule has 4 aromatic rings. The molecule has 1 unspecified atom stereocenters. The summed E-state index contributed by atoms with van der Waals surface area (Å²) in [6, 6.07) is 31.9. The first-order valence-electron chi connectivity index (χ1n) is 11.8. The van der Waals surface area contributed by atoms with Gasteiger partial charge in [-0.1, -0.05) is 76.6 Å². The van der Waals surface area contributed by atoms with E-state index in [-0.39, 0.29) is 17.6 Å². The number of benzene rings is 4. The molecule has 37 heavy (non-hydrogen) atoms. The predicted molar refractivity (Wildman–Crippen MR) is 146 cm³/mol. The van der Waals surface area contributed by atoms with E-state index in [9.17, 15) is 14.0 Å². The van der Waals surface area contributed by atoms with E-state index in [0.717, 1.165) is 15.7 Å². The number of hydrogen-bond donors (Lipinski definition) is 0. The van der Waals surface area contributed by atoms with Crippen molar-refractivity contribution in [2.45, 2.75) is 6.04 Å². The summed E-state index contributed by atoms with van der Waals surface area (Å²) in [7, 11) is 0. The number of carbonyl (C=O) groups is 2. The van der Waals surface area contributed by atoms with Gasteiger partial charge in [-0.25, -0.2) is 4.39 Å². The van der Waals surface area contributed by atoms with Crippen molar-refractivity contribution in [1.82, 2.24) is 0 Å². The molecule has 0 bridgehead atoms. The highest BCUT2D eigenvalue weighted by atomic mass is 79.9. The predicted octanol–water partition coefficient (Wildman–Crippen LogP) is 7.06. The maximum Gasteiger partial charge on any atom is 0.276 e. The highest BCUT2D eigenvalue weighted by molar-refractivity contribution is 9.10. The van der Waals surface area contributed by atoms with Crippen LogP contribution in [0.25, 0.3) is 6.08 Å². The molecule has 4 nitrogen and oxygen atoms in total. The zero-order chi connectivity index (χ0) is 25.5. The van der Waals surface area contributed by atoms with Gasteiger partial charge < -0.3 is 0 Å². The molecule has 6 rings (SSSR count). The minimum Gasteiger partial charge on any atom is -0.295 e. The van der Waals surface area contributed by atoms with Crippen LogP contribution in [-0.2, 0) is 9.59 Å². The molecule has 0 fully saturated rings. The van der Waals surface area contributed by atoms with Crippen molar-refractivity contribution in [2.24, 2.45) is 0 Å². The van der Waals surface area contributed by atoms with Crippen LogP contribution >= 0.6 is 15.9 Å². The molecule has 0 saturated heterocycles. The molecule has 0 radical (unpaired) electrons. The van der Waals surface area contributed by atoms with Crippen molar-refractivity contribution >= 4 is 45.2 Å². The Hall–Kier alpha value is -4.29. The molecule has 0 spiro atoms. The van der Waals surface area contributed by atoms with E-state index >= 15 is 0 Å². The standard InChI is InChI=1S/C31H20BrFN2O2/c32-22-15-13-21(14-16-22)28-27-26(19-20-11-17-23(33)18-12-20)30(36)35(25-9-5-2-6-10-25)29(27)31(37)34(28)24-7-3-1-4-8-24/h1-19,28H/b26-19-. The lowest BCUT2D eigenvalue weighted by atomic mass is 9.93. The fourth-order valence-corrected chi connectivity index (χ4v) is 5.20. The van der Waals surface area contributed by atoms with Crippen LogP contribution in [0.1, 0.15) is 17.2 Å². The van der Waals surface area contributed by atoms with Gasteiger partial charge in [-0.15, -0.1) is 0 Å². The lowest BCUT2D eigenvalue weighted by molar-refractivity contribution is -0.118. The number of hydrogen-bond acceptors (Lipinski definition) is 2. The first-order chi connectivity index (χ1) is 18.0. The van der Waals surface area contributed by atoms with Crippen LogP contribution in [0.15, 0.2) is 131 Å². The highest BCUT2D eigenvalue weighted by Crippen LogP contribution is 2.50. The molecule has 2 heterocycles. The van der Waals surface area contributed by atoms with Crippen LogP contribution in [0, 0.1) is 5.82 Å². The number of amides is 2. The molecule has 2 amide bonds. The molecule has 1 atom stereocenters. The van der Waals surface area contributed by atoms with E-state index in [2.05, 4.69) is 15.9 Å². The molecular weight excluding hydrogens is 531 g/mol. The van der Waals surface area contributed by atoms with Crippen LogP contribution in [0.4, 0.5) is 15.8 Å². The van der Waals surface area contributed by atoms with Crippen LogP contribution in [0.3, 0.4) is 0 Å². The summed E-state index contributed by atoms with van der Waals surface area (Å²) in [5.74, 6) is -0.901. The average molecular weight is 551 g/mol. The van der Waals surface area contributed by atoms with Crippen LogP contribution in [0.2, 0.25) is 0 Å². The summed E-state index contributed by atoms with van der Waals surface area (Å²) >= 11 is 3.50. The van der Waals surface area contributed by atoms with Gasteiger partial charge in [0.1, 0.15) is 11.5 Å². The zero-order valence-electron chi connectivity index (χ0n) is 19.5. The van der Waals surface area contributed by atoms with E-state index < -0.39 is 6.04 Å². The Morgan fingerprint density at radius 3 is 1.92 bits per heavy atom. The minimum atomic E-state index is -0.526. The molecule has 0 N–H and O–H groups in total. The Kier molecular flexibility index (Phi) is 5.81. The number of rotatable bonds is 4. The molecule has 2 aliphatic heterocycles. The van der Waals surface area contributed by atoms with Gasteiger partial charge >= 0.3 is 0 Å². The fraction of sp³-hybridized carbons (Fsp3) is 0.0323. The molecule has 4 aromatic carbocycles. The van der Waals surface area contributed by atoms with Gasteiger partial charge in [-0.3, -0.25) is 19.4 Å². The maximum absolute atomic E-state index is 14.2. The molecule has 0 saturated carbocycles. The Morgan fingerprint density at radius 2 is 1.30 bits per heavy atom. The Bertz CT molecular complexity index is 1560. The molecule has 0 aliphatic carbocycles. The Morgan fingerprint density at radius 1 is 0.703 bits per heavy atom. The zero-order valence-corrected chi connectivity index (χ0v) is 21.1. The van der Waals surface area contributed by atoms with Crippen molar-refractivity contribution < 1.29 is 14.0 Å². The smallest absolute Gasteiger partial charge is 0.276 e. The van der Waals surface area contributed by atoms with Gasteiger partial charge in [0.25, 0.3) is 11.8 Å². The lowest BCUT2D eigenvalue weighted by Crippen LogP contribution is -2.38. The normalized spacial score (nSPS) is 18.2. The van der Waals surface area contributed by atoms with Crippen molar-refractivity contribution in [2.75, 3.05) is 9.80 Å². The summed E-state index contributed by atoms with van der Waals surface area (Å²) in [5, 5.41) is 0. The second-order valence-corrected chi connectivity index (χ2v) is 9.73. The maximum atomic E-state index is 14.2. The topological polar surface area (TPSA) is 40.6 Å². The number of halogens is 2. The van der Waals surface area contributed by atoms with Gasteiger partial charge in [-0.05, 0) is 65.7 Å². The van der Waals surface area contributed by atoms with Crippen LogP contribution in [0.5, 0.6) is 0 Å². The van der Waals surface area contributed by atoms with Gasteiger partial charge in [-0.2, -0.15) is 0 Å². The third-order valence-electron chi connectivity index (χ3n) is 6.57. The monoisotopic (exact) mass is 550 g/mol. The lowest BCUT2D eigenvalue weighted by Gasteiger charge is -2.30. The van der Waals surface area contributed by atoms with Crippen LogP contribution < -0.4 is 9.80 Å². The van der Waals surface area contributed by atoms with Crippen molar-refractivity contribution in [1.29, 1.82) is 0 Å². The second kappa shape index (κ2) is 9.30. The summed E-state index contributed by atoms with van der Waals surface area (Å²) in [6.07, 6.45) is 1.74. The summed E-state index contributed by atoms with van der Waals surface area (Å²) in [5.41, 5.74) is 4.27. The number of anilines is 2. The summed E-state index contributed by atoms with van der Waals surface area (Å²) in [4.78, 5) is 31.4. The first kappa shape index (κ1) is 23.1. The summed E-state index contributed by atoms with van der Waals surface area (Å²) in [6.45, 7) is 0. The molecule has 180 valence electrons. The second-order valence-electron chi connectivity index (χ2n) is 8.81.